The van der Waals surface area contributed by atoms with Crippen LogP contribution in [0.3, 0.4) is 0 Å². The number of aromatic nitrogens is 3. The molecule has 5 nitrogen and oxygen atoms in total. The van der Waals surface area contributed by atoms with Crippen molar-refractivity contribution in [1.82, 2.24) is 14.5 Å². The molecule has 0 aliphatic heterocycles. The molecule has 1 aliphatic carbocycles. The van der Waals surface area contributed by atoms with Crippen LogP contribution in [-0.2, 0) is 6.54 Å². The molecule has 0 spiro atoms. The van der Waals surface area contributed by atoms with E-state index in [9.17, 15) is 9.59 Å². The second-order valence-electron chi connectivity index (χ2n) is 7.03. The van der Waals surface area contributed by atoms with Gasteiger partial charge in [-0.3, -0.25) is 14.6 Å². The zero-order chi connectivity index (χ0) is 20.1. The molecule has 0 saturated carbocycles. The Morgan fingerprint density at radius 3 is 2.72 bits per heavy atom. The summed E-state index contributed by atoms with van der Waals surface area (Å²) < 4.78 is 3.05. The van der Waals surface area contributed by atoms with Crippen LogP contribution in [0.15, 0.2) is 54.4 Å². The Kier molecular flexibility index (Phi) is 4.06. The molecule has 0 unspecified atom stereocenters. The van der Waals surface area contributed by atoms with Crippen LogP contribution >= 0.6 is 11.3 Å². The van der Waals surface area contributed by atoms with Crippen LogP contribution < -0.4 is 5.46 Å². The lowest BCUT2D eigenvalue weighted by Crippen LogP contribution is -2.05. The molecule has 0 radical (unpaired) electrons. The lowest BCUT2D eigenvalue weighted by Gasteiger charge is -2.03. The number of hydrogen-bond donors (Lipinski definition) is 0. The third kappa shape index (κ3) is 2.77. The number of Topliss-reactive ketones (excluding diaryl/α,β-unsaturated/α-hetero) is 2. The Balaban J connectivity index is 1.60. The summed E-state index contributed by atoms with van der Waals surface area (Å²) in [6, 6.07) is 11.3. The second-order valence-corrected chi connectivity index (χ2v) is 8.06. The number of allylic oxidation sites excluding steroid dienone is 1. The highest BCUT2D eigenvalue weighted by Crippen LogP contribution is 2.34. The van der Waals surface area contributed by atoms with Gasteiger partial charge in [0.2, 0.25) is 0 Å². The number of ketones is 2. The topological polar surface area (TPSA) is 64.8 Å². The van der Waals surface area contributed by atoms with Crippen LogP contribution in [0.2, 0.25) is 0 Å². The molecule has 0 saturated heterocycles. The van der Waals surface area contributed by atoms with Gasteiger partial charge in [-0.1, -0.05) is 23.7 Å². The van der Waals surface area contributed by atoms with Gasteiger partial charge in [-0.25, -0.2) is 4.98 Å². The van der Waals surface area contributed by atoms with E-state index in [0.29, 0.717) is 17.7 Å². The third-order valence-electron chi connectivity index (χ3n) is 5.15. The largest absolute Gasteiger partial charge is 0.325 e. The van der Waals surface area contributed by atoms with E-state index in [1.165, 1.54) is 0 Å². The van der Waals surface area contributed by atoms with Gasteiger partial charge in [0.1, 0.15) is 12.9 Å². The molecular formula is C22H16BN3O2S. The minimum atomic E-state index is -0.207. The molecule has 3 heterocycles. The first-order valence-electron chi connectivity index (χ1n) is 9.39. The summed E-state index contributed by atoms with van der Waals surface area (Å²) in [5, 5.41) is 0.903. The summed E-state index contributed by atoms with van der Waals surface area (Å²) in [5.74, 6) is -0.411. The van der Waals surface area contributed by atoms with Gasteiger partial charge in [0, 0.05) is 41.3 Å². The van der Waals surface area contributed by atoms with Crippen molar-refractivity contribution in [2.24, 2.45) is 0 Å². The van der Waals surface area contributed by atoms with E-state index < -0.39 is 0 Å². The summed E-state index contributed by atoms with van der Waals surface area (Å²) in [6.45, 7) is 2.72. The molecular weight excluding hydrogens is 381 g/mol. The van der Waals surface area contributed by atoms with Crippen LogP contribution in [0, 0.1) is 0 Å². The lowest BCUT2D eigenvalue weighted by atomic mass is 9.93. The fourth-order valence-corrected chi connectivity index (χ4v) is 4.73. The van der Waals surface area contributed by atoms with Gasteiger partial charge in [0.15, 0.2) is 17.2 Å². The predicted octanol–water partition coefficient (Wildman–Crippen LogP) is 2.90. The highest BCUT2D eigenvalue weighted by atomic mass is 32.1. The number of nitrogens with zero attached hydrogens (tertiary/aromatic N) is 3. The number of carbonyl (C=O) groups excluding carboxylic acids is 2. The Hall–Kier alpha value is -3.32. The van der Waals surface area contributed by atoms with Gasteiger partial charge in [0.05, 0.1) is 10.3 Å². The van der Waals surface area contributed by atoms with Crippen molar-refractivity contribution in [3.8, 4) is 10.6 Å². The Morgan fingerprint density at radius 1 is 1.14 bits per heavy atom. The predicted molar refractivity (Wildman–Crippen MR) is 118 cm³/mol. The minimum Gasteiger partial charge on any atom is -0.325 e. The van der Waals surface area contributed by atoms with Crippen LogP contribution in [0.25, 0.3) is 27.0 Å². The number of aryl methyl sites for hydroxylation is 1. The normalized spacial score (nSPS) is 14.9. The van der Waals surface area contributed by atoms with E-state index in [-0.39, 0.29) is 17.1 Å². The van der Waals surface area contributed by atoms with Crippen LogP contribution in [0.4, 0.5) is 0 Å². The maximum Gasteiger partial charge on any atom is 0.197 e. The zero-order valence-corrected chi connectivity index (χ0v) is 16.8. The maximum absolute atomic E-state index is 12.8. The number of pyridine rings is 1. The molecule has 3 aromatic heterocycles. The quantitative estimate of drug-likeness (QED) is 0.303. The van der Waals surface area contributed by atoms with Gasteiger partial charge in [-0.2, -0.15) is 0 Å². The van der Waals surface area contributed by atoms with Gasteiger partial charge in [0.25, 0.3) is 0 Å². The molecule has 0 fully saturated rings. The number of thiazole rings is 1. The number of hydrogen-bond acceptors (Lipinski definition) is 5. The minimum absolute atomic E-state index is 0.204. The molecule has 7 heteroatoms. The summed E-state index contributed by atoms with van der Waals surface area (Å²) >= 11 is 1.58. The highest BCUT2D eigenvalue weighted by Gasteiger charge is 2.33. The van der Waals surface area contributed by atoms with Crippen molar-refractivity contribution < 1.29 is 9.59 Å². The summed E-state index contributed by atoms with van der Waals surface area (Å²) in [7, 11) is 1.92. The Morgan fingerprint density at radius 2 is 1.97 bits per heavy atom. The van der Waals surface area contributed by atoms with Crippen molar-refractivity contribution in [1.29, 1.82) is 0 Å². The van der Waals surface area contributed by atoms with Crippen LogP contribution in [0.1, 0.15) is 33.3 Å². The van der Waals surface area contributed by atoms with Gasteiger partial charge in [-0.05, 0) is 31.2 Å². The highest BCUT2D eigenvalue weighted by molar-refractivity contribution is 7.21. The van der Waals surface area contributed by atoms with Gasteiger partial charge < -0.3 is 4.57 Å². The van der Waals surface area contributed by atoms with Crippen molar-refractivity contribution in [3.05, 3.63) is 71.2 Å². The summed E-state index contributed by atoms with van der Waals surface area (Å²) in [6.07, 6.45) is 5.25. The fourth-order valence-electron chi connectivity index (χ4n) is 3.73. The van der Waals surface area contributed by atoms with E-state index in [1.807, 2.05) is 43.6 Å². The molecule has 1 aliphatic rings. The van der Waals surface area contributed by atoms with E-state index in [1.54, 1.807) is 41.9 Å². The van der Waals surface area contributed by atoms with E-state index in [4.69, 9.17) is 4.98 Å². The van der Waals surface area contributed by atoms with Crippen molar-refractivity contribution in [3.63, 3.8) is 0 Å². The van der Waals surface area contributed by atoms with Gasteiger partial charge >= 0.3 is 0 Å². The molecule has 0 bridgehead atoms. The second kappa shape index (κ2) is 6.63. The molecule has 29 heavy (non-hydrogen) atoms. The van der Waals surface area contributed by atoms with Crippen LogP contribution in [-0.4, -0.2) is 33.9 Å². The molecule has 0 N–H and O–H groups in total. The molecule has 0 amide bonds. The average Bonchev–Trinajstić information content (AvgIpc) is 3.35. The third-order valence-corrected chi connectivity index (χ3v) is 6.19. The first-order valence-corrected chi connectivity index (χ1v) is 10.2. The molecule has 1 aromatic carbocycles. The summed E-state index contributed by atoms with van der Waals surface area (Å²) in [4.78, 5) is 34.6. The first-order chi connectivity index (χ1) is 14.1. The number of rotatable bonds is 3. The molecule has 4 aromatic rings. The lowest BCUT2D eigenvalue weighted by molar-refractivity contribution is 0.0990. The molecule has 5 rings (SSSR count). The first kappa shape index (κ1) is 17.8. The van der Waals surface area contributed by atoms with Crippen molar-refractivity contribution in [2.75, 3.05) is 0 Å². The zero-order valence-electron chi connectivity index (χ0n) is 16.0. The Labute approximate surface area is 172 Å². The monoisotopic (exact) mass is 397 g/mol. The van der Waals surface area contributed by atoms with Crippen LogP contribution in [0.5, 0.6) is 0 Å². The number of benzene rings is 1. The fraction of sp³-hybridized carbons (Fsp3) is 0.0909. The average molecular weight is 397 g/mol. The molecule has 140 valence electrons. The number of fused-ring (bicyclic) bond motifs is 2. The summed E-state index contributed by atoms with van der Waals surface area (Å²) in [5.41, 5.74) is 4.82. The van der Waals surface area contributed by atoms with E-state index in [0.717, 1.165) is 32.1 Å². The molecule has 0 atom stereocenters. The number of carbonyl (C=O) groups is 2. The smallest absolute Gasteiger partial charge is 0.197 e. The Bertz CT molecular complexity index is 1340. The van der Waals surface area contributed by atoms with E-state index in [2.05, 4.69) is 4.98 Å². The van der Waals surface area contributed by atoms with Crippen molar-refractivity contribution in [2.45, 2.75) is 13.5 Å². The van der Waals surface area contributed by atoms with E-state index >= 15 is 0 Å². The standard InChI is InChI=1S/C22H16BN3O2S/c1-2-26-14(9-17-19(27)15-6-5-13(23)8-16(15)20(17)28)10-18-21(26)25-22(29-18)12-4-3-7-24-11-12/h3-11H,2,23H2,1H3/b17-9-. The van der Waals surface area contributed by atoms with Gasteiger partial charge in [-0.15, -0.1) is 11.3 Å². The van der Waals surface area contributed by atoms with Crippen molar-refractivity contribution >= 4 is 52.6 Å². The SMILES string of the molecule is Bc1ccc2c(c1)C(=O)/C(=C\c1cc3sc(-c4cccnc4)nc3n1CC)C2=O. The maximum atomic E-state index is 12.8.